The second-order valence-electron chi connectivity index (χ2n) is 5.24. The summed E-state index contributed by atoms with van der Waals surface area (Å²) in [5, 5.41) is 8.25. The number of rotatable bonds is 3. The van der Waals surface area contributed by atoms with Crippen molar-refractivity contribution in [1.82, 2.24) is 10.2 Å². The van der Waals surface area contributed by atoms with E-state index in [2.05, 4.69) is 42.8 Å². The summed E-state index contributed by atoms with van der Waals surface area (Å²) in [5.41, 5.74) is 6.52. The van der Waals surface area contributed by atoms with E-state index < -0.39 is 0 Å². The van der Waals surface area contributed by atoms with Gasteiger partial charge in [-0.1, -0.05) is 20.8 Å². The second-order valence-corrected chi connectivity index (χ2v) is 5.24. The molecule has 4 heteroatoms. The van der Waals surface area contributed by atoms with Crippen molar-refractivity contribution in [3.63, 3.8) is 0 Å². The zero-order valence-electron chi connectivity index (χ0n) is 10.9. The highest BCUT2D eigenvalue weighted by atomic mass is 15.3. The summed E-state index contributed by atoms with van der Waals surface area (Å²) >= 11 is 0. The van der Waals surface area contributed by atoms with Crippen LogP contribution in [0.4, 0.5) is 5.82 Å². The fraction of sp³-hybridized carbons (Fsp3) is 0.667. The molecule has 1 aromatic rings. The molecule has 1 rings (SSSR count). The van der Waals surface area contributed by atoms with E-state index in [1.165, 1.54) is 0 Å². The lowest BCUT2D eigenvalue weighted by atomic mass is 9.87. The van der Waals surface area contributed by atoms with Gasteiger partial charge in [0.25, 0.3) is 0 Å². The van der Waals surface area contributed by atoms with E-state index in [9.17, 15) is 0 Å². The molecule has 1 atom stereocenters. The Kier molecular flexibility index (Phi) is 3.86. The topological polar surface area (TPSA) is 55.0 Å². The maximum Gasteiger partial charge on any atom is 0.151 e. The highest BCUT2D eigenvalue weighted by Crippen LogP contribution is 2.25. The number of nitrogens with two attached hydrogens (primary N) is 1. The standard InChI is InChI=1S/C12H22N4/c1-9(12(2,3)4)16(5)11-7-6-10(8-13)14-15-11/h6-7,9H,8,13H2,1-5H3. The molecule has 1 unspecified atom stereocenters. The smallest absolute Gasteiger partial charge is 0.151 e. The maximum absolute atomic E-state index is 5.49. The van der Waals surface area contributed by atoms with Gasteiger partial charge in [-0.3, -0.25) is 0 Å². The lowest BCUT2D eigenvalue weighted by Crippen LogP contribution is -2.39. The minimum Gasteiger partial charge on any atom is -0.355 e. The summed E-state index contributed by atoms with van der Waals surface area (Å²) in [6, 6.07) is 4.29. The van der Waals surface area contributed by atoms with Gasteiger partial charge in [0.15, 0.2) is 5.82 Å². The van der Waals surface area contributed by atoms with Crippen LogP contribution in [0.15, 0.2) is 12.1 Å². The van der Waals surface area contributed by atoms with Gasteiger partial charge in [0.1, 0.15) is 0 Å². The molecule has 0 aliphatic rings. The fourth-order valence-corrected chi connectivity index (χ4v) is 1.43. The van der Waals surface area contributed by atoms with Gasteiger partial charge in [-0.25, -0.2) is 0 Å². The van der Waals surface area contributed by atoms with E-state index in [-0.39, 0.29) is 5.41 Å². The molecule has 2 N–H and O–H groups in total. The zero-order valence-corrected chi connectivity index (χ0v) is 10.9. The SMILES string of the molecule is CC(N(C)c1ccc(CN)nn1)C(C)(C)C. The summed E-state index contributed by atoms with van der Waals surface area (Å²) in [6.07, 6.45) is 0. The van der Waals surface area contributed by atoms with Crippen LogP contribution in [-0.2, 0) is 6.54 Å². The third-order valence-electron chi connectivity index (χ3n) is 3.11. The van der Waals surface area contributed by atoms with Crippen LogP contribution in [0.25, 0.3) is 0 Å². The van der Waals surface area contributed by atoms with Gasteiger partial charge in [0.2, 0.25) is 0 Å². The van der Waals surface area contributed by atoms with Crippen molar-refractivity contribution in [1.29, 1.82) is 0 Å². The van der Waals surface area contributed by atoms with Crippen LogP contribution in [0.3, 0.4) is 0 Å². The van der Waals surface area contributed by atoms with Crippen LogP contribution in [0.1, 0.15) is 33.4 Å². The lowest BCUT2D eigenvalue weighted by molar-refractivity contribution is 0.328. The molecule has 0 aromatic carbocycles. The Labute approximate surface area is 97.9 Å². The number of anilines is 1. The first-order chi connectivity index (χ1) is 7.36. The molecule has 0 aliphatic carbocycles. The quantitative estimate of drug-likeness (QED) is 0.847. The van der Waals surface area contributed by atoms with E-state index in [1.54, 1.807) is 0 Å². The van der Waals surface area contributed by atoms with Crippen molar-refractivity contribution in [3.05, 3.63) is 17.8 Å². The van der Waals surface area contributed by atoms with E-state index >= 15 is 0 Å². The lowest BCUT2D eigenvalue weighted by Gasteiger charge is -2.35. The Morgan fingerprint density at radius 1 is 1.31 bits per heavy atom. The first-order valence-electron chi connectivity index (χ1n) is 5.61. The minimum atomic E-state index is 0.211. The van der Waals surface area contributed by atoms with E-state index in [0.717, 1.165) is 11.5 Å². The van der Waals surface area contributed by atoms with Crippen LogP contribution in [-0.4, -0.2) is 23.3 Å². The molecule has 16 heavy (non-hydrogen) atoms. The number of nitrogens with zero attached hydrogens (tertiary/aromatic N) is 3. The predicted molar refractivity (Wildman–Crippen MR) is 67.2 cm³/mol. The summed E-state index contributed by atoms with van der Waals surface area (Å²) in [7, 11) is 2.04. The molecule has 0 fully saturated rings. The first-order valence-corrected chi connectivity index (χ1v) is 5.61. The molecular formula is C12H22N4. The van der Waals surface area contributed by atoms with E-state index in [0.29, 0.717) is 12.6 Å². The molecule has 0 amide bonds. The van der Waals surface area contributed by atoms with Crippen molar-refractivity contribution in [2.75, 3.05) is 11.9 Å². The van der Waals surface area contributed by atoms with Crippen LogP contribution >= 0.6 is 0 Å². The van der Waals surface area contributed by atoms with Gasteiger partial charge >= 0.3 is 0 Å². The normalized spacial score (nSPS) is 13.6. The van der Waals surface area contributed by atoms with Gasteiger partial charge in [-0.2, -0.15) is 5.10 Å². The summed E-state index contributed by atoms with van der Waals surface area (Å²) in [4.78, 5) is 2.15. The molecule has 0 saturated heterocycles. The second kappa shape index (κ2) is 4.78. The molecule has 0 aliphatic heterocycles. The first kappa shape index (κ1) is 12.9. The molecule has 0 bridgehead atoms. The van der Waals surface area contributed by atoms with Crippen molar-refractivity contribution in [2.45, 2.75) is 40.3 Å². The van der Waals surface area contributed by atoms with Gasteiger partial charge in [0.05, 0.1) is 5.69 Å². The van der Waals surface area contributed by atoms with Gasteiger partial charge in [-0.15, -0.1) is 5.10 Å². The Balaban J connectivity index is 2.84. The molecule has 1 aromatic heterocycles. The molecular weight excluding hydrogens is 200 g/mol. The third-order valence-corrected chi connectivity index (χ3v) is 3.11. The fourth-order valence-electron chi connectivity index (χ4n) is 1.43. The van der Waals surface area contributed by atoms with Gasteiger partial charge < -0.3 is 10.6 Å². The number of aromatic nitrogens is 2. The monoisotopic (exact) mass is 222 g/mol. The van der Waals surface area contributed by atoms with Crippen molar-refractivity contribution >= 4 is 5.82 Å². The molecule has 90 valence electrons. The van der Waals surface area contributed by atoms with Gasteiger partial charge in [-0.05, 0) is 24.5 Å². The third kappa shape index (κ3) is 2.92. The van der Waals surface area contributed by atoms with Crippen LogP contribution < -0.4 is 10.6 Å². The highest BCUT2D eigenvalue weighted by Gasteiger charge is 2.24. The molecule has 4 nitrogen and oxygen atoms in total. The Hall–Kier alpha value is -1.16. The zero-order chi connectivity index (χ0) is 12.3. The average molecular weight is 222 g/mol. The van der Waals surface area contributed by atoms with Crippen LogP contribution in [0.5, 0.6) is 0 Å². The Morgan fingerprint density at radius 2 is 1.94 bits per heavy atom. The average Bonchev–Trinajstić information content (AvgIpc) is 2.26. The van der Waals surface area contributed by atoms with E-state index in [1.807, 2.05) is 19.2 Å². The van der Waals surface area contributed by atoms with Crippen molar-refractivity contribution in [2.24, 2.45) is 11.1 Å². The summed E-state index contributed by atoms with van der Waals surface area (Å²) < 4.78 is 0. The molecule has 0 spiro atoms. The Bertz CT molecular complexity index is 326. The summed E-state index contributed by atoms with van der Waals surface area (Å²) in [6.45, 7) is 9.28. The molecule has 1 heterocycles. The molecule has 0 radical (unpaired) electrons. The number of hydrogen-bond donors (Lipinski definition) is 1. The Morgan fingerprint density at radius 3 is 2.31 bits per heavy atom. The van der Waals surface area contributed by atoms with Gasteiger partial charge in [0, 0.05) is 19.6 Å². The highest BCUT2D eigenvalue weighted by molar-refractivity contribution is 5.37. The van der Waals surface area contributed by atoms with Crippen molar-refractivity contribution < 1.29 is 0 Å². The van der Waals surface area contributed by atoms with Crippen LogP contribution in [0, 0.1) is 5.41 Å². The van der Waals surface area contributed by atoms with Crippen molar-refractivity contribution in [3.8, 4) is 0 Å². The summed E-state index contributed by atoms with van der Waals surface area (Å²) in [5.74, 6) is 0.889. The molecule has 0 saturated carbocycles. The predicted octanol–water partition coefficient (Wildman–Crippen LogP) is 1.81. The van der Waals surface area contributed by atoms with E-state index in [4.69, 9.17) is 5.73 Å². The largest absolute Gasteiger partial charge is 0.355 e. The minimum absolute atomic E-state index is 0.211. The number of hydrogen-bond acceptors (Lipinski definition) is 4. The van der Waals surface area contributed by atoms with Crippen LogP contribution in [0.2, 0.25) is 0 Å². The maximum atomic E-state index is 5.49.